The van der Waals surface area contributed by atoms with Gasteiger partial charge in [0.15, 0.2) is 5.82 Å². The van der Waals surface area contributed by atoms with Crippen LogP contribution in [0.1, 0.15) is 12.8 Å². The third-order valence-electron chi connectivity index (χ3n) is 7.11. The average Bonchev–Trinajstić information content (AvgIpc) is 3.38. The number of hydrogen-bond donors (Lipinski definition) is 3. The molecule has 0 bridgehead atoms. The molecule has 2 aromatic carbocycles. The highest BCUT2D eigenvalue weighted by Crippen LogP contribution is 2.39. The lowest BCUT2D eigenvalue weighted by atomic mass is 10.1. The van der Waals surface area contributed by atoms with Gasteiger partial charge < -0.3 is 25.4 Å². The summed E-state index contributed by atoms with van der Waals surface area (Å²) in [7, 11) is -2.53. The van der Waals surface area contributed by atoms with E-state index in [9.17, 15) is 9.36 Å². The van der Waals surface area contributed by atoms with E-state index < -0.39 is 7.14 Å². The summed E-state index contributed by atoms with van der Waals surface area (Å²) in [5.41, 5.74) is 3.05. The fourth-order valence-corrected chi connectivity index (χ4v) is 6.50. The Morgan fingerprint density at radius 2 is 1.93 bits per heavy atom. The second-order valence-electron chi connectivity index (χ2n) is 10.2. The minimum atomic E-state index is -2.53. The zero-order valence-electron chi connectivity index (χ0n) is 22.7. The van der Waals surface area contributed by atoms with Crippen LogP contribution in [0.5, 0.6) is 0 Å². The smallest absolute Gasteiger partial charge is 0.247 e. The van der Waals surface area contributed by atoms with Crippen LogP contribution in [-0.4, -0.2) is 66.3 Å². The molecule has 1 atom stereocenters. The topological polar surface area (TPSA) is 102 Å². The minimum absolute atomic E-state index is 0. The van der Waals surface area contributed by atoms with E-state index in [1.165, 1.54) is 31.7 Å². The van der Waals surface area contributed by atoms with Crippen molar-refractivity contribution in [3.63, 3.8) is 0 Å². The van der Waals surface area contributed by atoms with E-state index in [1.54, 1.807) is 13.3 Å². The molecule has 3 heterocycles. The van der Waals surface area contributed by atoms with Gasteiger partial charge in [0.05, 0.1) is 23.3 Å². The summed E-state index contributed by atoms with van der Waals surface area (Å²) >= 11 is 6.41. The van der Waals surface area contributed by atoms with Crippen LogP contribution >= 0.6 is 32.2 Å². The number of nitrogens with one attached hydrogen (secondary N) is 3. The molecule has 0 unspecified atom stereocenters. The summed E-state index contributed by atoms with van der Waals surface area (Å²) in [5, 5.41) is 10.4. The van der Waals surface area contributed by atoms with Crippen LogP contribution in [0.15, 0.2) is 61.3 Å². The van der Waals surface area contributed by atoms with Crippen molar-refractivity contribution >= 4 is 78.0 Å². The number of hydrogen-bond acceptors (Lipinski definition) is 8. The zero-order chi connectivity index (χ0) is 27.6. The van der Waals surface area contributed by atoms with E-state index in [0.29, 0.717) is 45.2 Å². The molecular weight excluding hydrogens is 565 g/mol. The summed E-state index contributed by atoms with van der Waals surface area (Å²) in [4.78, 5) is 26.1. The summed E-state index contributed by atoms with van der Waals surface area (Å²) in [5.74, 6) is 0.440. The normalized spacial score (nSPS) is 17.0. The number of fused-ring (bicyclic) bond motifs is 1. The SMILES string of the molecule is C=CC(=O)Nc1cc(Nc2ncc(Cl)c(Nc3ccccc3P(C)(C)=O)n2)ccc1N1CCN2CCC[C@H]2C1.S. The first-order valence-corrected chi connectivity index (χ1v) is 16.0. The second-order valence-corrected chi connectivity index (χ2v) is 13.8. The van der Waals surface area contributed by atoms with E-state index in [2.05, 4.69) is 42.3 Å². The van der Waals surface area contributed by atoms with Crippen LogP contribution in [0.2, 0.25) is 5.02 Å². The molecule has 0 aliphatic carbocycles. The maximum atomic E-state index is 12.8. The van der Waals surface area contributed by atoms with E-state index in [4.69, 9.17) is 11.6 Å². The molecule has 3 N–H and O–H groups in total. The Bertz CT molecular complexity index is 1450. The molecule has 3 aromatic rings. The Hall–Kier alpha value is -3.04. The lowest BCUT2D eigenvalue weighted by Gasteiger charge is -2.39. The number of carbonyl (C=O) groups is 1. The minimum Gasteiger partial charge on any atom is -0.367 e. The number of benzene rings is 2. The van der Waals surface area contributed by atoms with Gasteiger partial charge in [0.25, 0.3) is 0 Å². The van der Waals surface area contributed by atoms with Gasteiger partial charge in [-0.05, 0) is 69.1 Å². The molecule has 0 saturated carbocycles. The molecule has 212 valence electrons. The molecule has 12 heteroatoms. The predicted octanol–water partition coefficient (Wildman–Crippen LogP) is 5.39. The van der Waals surface area contributed by atoms with Crippen molar-refractivity contribution in [2.24, 2.45) is 0 Å². The van der Waals surface area contributed by atoms with Gasteiger partial charge in [0.2, 0.25) is 11.9 Å². The van der Waals surface area contributed by atoms with Gasteiger partial charge in [-0.2, -0.15) is 18.5 Å². The van der Waals surface area contributed by atoms with E-state index in [-0.39, 0.29) is 19.4 Å². The number of piperazine rings is 1. The molecule has 2 aliphatic rings. The second kappa shape index (κ2) is 12.6. The van der Waals surface area contributed by atoms with Gasteiger partial charge in [0, 0.05) is 36.7 Å². The van der Waals surface area contributed by atoms with Crippen LogP contribution in [0, 0.1) is 0 Å². The van der Waals surface area contributed by atoms with Crippen molar-refractivity contribution < 1.29 is 9.36 Å². The van der Waals surface area contributed by atoms with Gasteiger partial charge in [-0.25, -0.2) is 4.98 Å². The number of amides is 1. The molecule has 5 rings (SSSR count). The Kier molecular flexibility index (Phi) is 9.46. The Morgan fingerprint density at radius 3 is 2.70 bits per heavy atom. The lowest BCUT2D eigenvalue weighted by Crippen LogP contribution is -2.50. The number of halogens is 1. The van der Waals surface area contributed by atoms with E-state index in [0.717, 1.165) is 25.3 Å². The van der Waals surface area contributed by atoms with Gasteiger partial charge >= 0.3 is 0 Å². The maximum absolute atomic E-state index is 12.8. The number of aromatic nitrogens is 2. The first-order chi connectivity index (χ1) is 18.7. The van der Waals surface area contributed by atoms with Crippen molar-refractivity contribution in [1.82, 2.24) is 14.9 Å². The van der Waals surface area contributed by atoms with Crippen molar-refractivity contribution in [3.05, 3.63) is 66.3 Å². The highest BCUT2D eigenvalue weighted by molar-refractivity contribution is 7.70. The zero-order valence-corrected chi connectivity index (χ0v) is 25.3. The summed E-state index contributed by atoms with van der Waals surface area (Å²) in [6.07, 6.45) is 5.21. The Morgan fingerprint density at radius 1 is 1.12 bits per heavy atom. The van der Waals surface area contributed by atoms with E-state index >= 15 is 0 Å². The standard InChI is InChI=1S/C28H33ClN7O2P.H2S/c1-4-26(37)32-23-16-19(11-12-24(23)36-15-14-35-13-7-8-20(35)18-36)31-28-30-17-21(29)27(34-28)33-22-9-5-6-10-25(22)39(2,3)38;/h4-6,9-12,16-17,20H,1,7-8,13-15,18H2,2-3H3,(H,32,37)(H2,30,31,33,34);1H2/t20-;/m0./s1. The largest absolute Gasteiger partial charge is 0.367 e. The molecule has 2 aliphatic heterocycles. The average molecular weight is 600 g/mol. The third-order valence-corrected chi connectivity index (χ3v) is 8.93. The summed E-state index contributed by atoms with van der Waals surface area (Å²) < 4.78 is 12.8. The van der Waals surface area contributed by atoms with Crippen molar-refractivity contribution in [2.75, 3.05) is 60.4 Å². The third kappa shape index (κ3) is 6.81. The summed E-state index contributed by atoms with van der Waals surface area (Å²) in [6.45, 7) is 11.1. The number of rotatable bonds is 8. The number of para-hydroxylation sites is 1. The fraction of sp³-hybridized carbons (Fsp3) is 0.321. The molecule has 0 spiro atoms. The quantitative estimate of drug-likeness (QED) is 0.234. The number of nitrogens with zero attached hydrogens (tertiary/aromatic N) is 4. The molecule has 0 radical (unpaired) electrons. The van der Waals surface area contributed by atoms with Crippen LogP contribution in [0.4, 0.5) is 34.5 Å². The van der Waals surface area contributed by atoms with Gasteiger partial charge in [-0.3, -0.25) is 9.69 Å². The van der Waals surface area contributed by atoms with Crippen LogP contribution in [0.3, 0.4) is 0 Å². The van der Waals surface area contributed by atoms with Crippen LogP contribution in [0.25, 0.3) is 0 Å². The first kappa shape index (κ1) is 29.9. The predicted molar refractivity (Wildman–Crippen MR) is 172 cm³/mol. The Labute approximate surface area is 247 Å². The monoisotopic (exact) mass is 599 g/mol. The highest BCUT2D eigenvalue weighted by Gasteiger charge is 2.31. The van der Waals surface area contributed by atoms with Gasteiger partial charge in [-0.15, -0.1) is 0 Å². The highest BCUT2D eigenvalue weighted by atomic mass is 35.5. The number of anilines is 6. The van der Waals surface area contributed by atoms with Crippen molar-refractivity contribution in [3.8, 4) is 0 Å². The van der Waals surface area contributed by atoms with Crippen LogP contribution in [-0.2, 0) is 9.36 Å². The molecule has 2 saturated heterocycles. The van der Waals surface area contributed by atoms with Crippen molar-refractivity contribution in [2.45, 2.75) is 18.9 Å². The number of carbonyl (C=O) groups excluding carboxylic acids is 1. The fourth-order valence-electron chi connectivity index (χ4n) is 5.20. The maximum Gasteiger partial charge on any atom is 0.247 e. The molecule has 9 nitrogen and oxygen atoms in total. The molecule has 40 heavy (non-hydrogen) atoms. The summed E-state index contributed by atoms with van der Waals surface area (Å²) in [6, 6.07) is 13.8. The van der Waals surface area contributed by atoms with Gasteiger partial charge in [0.1, 0.15) is 12.2 Å². The first-order valence-electron chi connectivity index (χ1n) is 13.0. The van der Waals surface area contributed by atoms with Crippen molar-refractivity contribution in [1.29, 1.82) is 0 Å². The lowest BCUT2D eigenvalue weighted by molar-refractivity contribution is -0.111. The molecule has 1 amide bonds. The molecule has 2 fully saturated rings. The van der Waals surface area contributed by atoms with E-state index in [1.807, 2.05) is 42.5 Å². The Balaban J connectivity index is 0.00000370. The molecule has 1 aromatic heterocycles. The van der Waals surface area contributed by atoms with Gasteiger partial charge in [-0.1, -0.05) is 30.3 Å². The molecular formula is C28H35ClN7O2PS. The van der Waals surface area contributed by atoms with Crippen LogP contribution < -0.4 is 26.2 Å².